The lowest BCUT2D eigenvalue weighted by molar-refractivity contribution is 0.0652. The first-order chi connectivity index (χ1) is 9.56. The number of nitrogens with zero attached hydrogens (tertiary/aromatic N) is 1. The lowest BCUT2D eigenvalue weighted by Crippen LogP contribution is -2.40. The predicted molar refractivity (Wildman–Crippen MR) is 75.1 cm³/mol. The Morgan fingerprint density at radius 3 is 2.55 bits per heavy atom. The van der Waals surface area contributed by atoms with Gasteiger partial charge in [0, 0.05) is 29.8 Å². The standard InChI is InChI=1S/C15H19N3O2/c16-11-2-4-12(5-3-11)18-8-10-7-9(14(17)19)1-6-13(10)15(18)20/h1,6-7,11-12H,2-5,8,16H2,(H2,17,19). The summed E-state index contributed by atoms with van der Waals surface area (Å²) in [5.41, 5.74) is 13.3. The van der Waals surface area contributed by atoms with Crippen molar-refractivity contribution in [2.75, 3.05) is 0 Å². The molecular formula is C15H19N3O2. The minimum absolute atomic E-state index is 0.0662. The van der Waals surface area contributed by atoms with E-state index in [1.165, 1.54) is 0 Å². The molecule has 1 heterocycles. The van der Waals surface area contributed by atoms with Gasteiger partial charge in [-0.2, -0.15) is 0 Å². The Hall–Kier alpha value is -1.88. The molecule has 1 aromatic carbocycles. The molecule has 0 bridgehead atoms. The summed E-state index contributed by atoms with van der Waals surface area (Å²) in [6.45, 7) is 0.579. The molecule has 0 aromatic heterocycles. The van der Waals surface area contributed by atoms with Crippen LogP contribution < -0.4 is 11.5 Å². The maximum absolute atomic E-state index is 12.4. The minimum atomic E-state index is -0.456. The van der Waals surface area contributed by atoms with Gasteiger partial charge in [-0.25, -0.2) is 0 Å². The highest BCUT2D eigenvalue weighted by atomic mass is 16.2. The Morgan fingerprint density at radius 2 is 1.90 bits per heavy atom. The zero-order chi connectivity index (χ0) is 14.3. The number of benzene rings is 1. The van der Waals surface area contributed by atoms with Gasteiger partial charge in [0.25, 0.3) is 5.91 Å². The number of rotatable bonds is 2. The molecule has 1 aliphatic carbocycles. The summed E-state index contributed by atoms with van der Waals surface area (Å²) in [6.07, 6.45) is 3.86. The highest BCUT2D eigenvalue weighted by Gasteiger charge is 2.34. The number of carbonyl (C=O) groups excluding carboxylic acids is 2. The molecule has 1 saturated carbocycles. The molecule has 0 radical (unpaired) electrons. The fraction of sp³-hybridized carbons (Fsp3) is 0.467. The summed E-state index contributed by atoms with van der Waals surface area (Å²) in [7, 11) is 0. The van der Waals surface area contributed by atoms with Gasteiger partial charge in [0.1, 0.15) is 0 Å². The quantitative estimate of drug-likeness (QED) is 0.842. The third-order valence-electron chi connectivity index (χ3n) is 4.40. The molecule has 2 aliphatic rings. The predicted octanol–water partition coefficient (Wildman–Crippen LogP) is 1.01. The smallest absolute Gasteiger partial charge is 0.254 e. The second-order valence-corrected chi connectivity index (χ2v) is 5.74. The van der Waals surface area contributed by atoms with Crippen LogP contribution >= 0.6 is 0 Å². The first kappa shape index (κ1) is 13.1. The molecule has 5 nitrogen and oxygen atoms in total. The molecule has 1 aromatic rings. The number of nitrogens with two attached hydrogens (primary N) is 2. The van der Waals surface area contributed by atoms with Gasteiger partial charge in [-0.05, 0) is 49.4 Å². The Bertz CT molecular complexity index is 562. The van der Waals surface area contributed by atoms with E-state index in [0.717, 1.165) is 31.2 Å². The SMILES string of the molecule is NC(=O)c1ccc2c(c1)CN(C1CCC(N)CC1)C2=O. The normalized spacial score (nSPS) is 25.6. The molecule has 20 heavy (non-hydrogen) atoms. The minimum Gasteiger partial charge on any atom is -0.366 e. The molecule has 2 amide bonds. The monoisotopic (exact) mass is 273 g/mol. The third kappa shape index (κ3) is 2.18. The van der Waals surface area contributed by atoms with Crippen molar-refractivity contribution in [2.24, 2.45) is 11.5 Å². The van der Waals surface area contributed by atoms with Gasteiger partial charge in [-0.3, -0.25) is 9.59 Å². The van der Waals surface area contributed by atoms with E-state index >= 15 is 0 Å². The summed E-state index contributed by atoms with van der Waals surface area (Å²) in [5.74, 6) is -0.390. The number of fused-ring (bicyclic) bond motifs is 1. The van der Waals surface area contributed by atoms with Gasteiger partial charge in [0.2, 0.25) is 5.91 Å². The summed E-state index contributed by atoms with van der Waals surface area (Å²) < 4.78 is 0. The molecule has 0 unspecified atom stereocenters. The summed E-state index contributed by atoms with van der Waals surface area (Å²) in [4.78, 5) is 25.6. The summed E-state index contributed by atoms with van der Waals surface area (Å²) in [5, 5.41) is 0. The molecule has 0 spiro atoms. The molecule has 1 fully saturated rings. The average Bonchev–Trinajstić information content (AvgIpc) is 2.76. The number of amides is 2. The molecule has 1 aliphatic heterocycles. The Morgan fingerprint density at radius 1 is 1.20 bits per heavy atom. The van der Waals surface area contributed by atoms with Crippen molar-refractivity contribution in [1.29, 1.82) is 0 Å². The fourth-order valence-corrected chi connectivity index (χ4v) is 3.20. The third-order valence-corrected chi connectivity index (χ3v) is 4.40. The first-order valence-electron chi connectivity index (χ1n) is 7.05. The van der Waals surface area contributed by atoms with Gasteiger partial charge in [0.05, 0.1) is 0 Å². The van der Waals surface area contributed by atoms with E-state index in [0.29, 0.717) is 17.7 Å². The Kier molecular flexibility index (Phi) is 3.22. The Labute approximate surface area is 117 Å². The van der Waals surface area contributed by atoms with Gasteiger partial charge in [-0.1, -0.05) is 0 Å². The van der Waals surface area contributed by atoms with Crippen molar-refractivity contribution in [3.8, 4) is 0 Å². The van der Waals surface area contributed by atoms with Crippen LogP contribution in [0.3, 0.4) is 0 Å². The van der Waals surface area contributed by atoms with Crippen molar-refractivity contribution >= 4 is 11.8 Å². The largest absolute Gasteiger partial charge is 0.366 e. The van der Waals surface area contributed by atoms with Crippen LogP contribution in [0.15, 0.2) is 18.2 Å². The van der Waals surface area contributed by atoms with Crippen LogP contribution in [-0.2, 0) is 6.54 Å². The van der Waals surface area contributed by atoms with Crippen LogP contribution in [0.2, 0.25) is 0 Å². The van der Waals surface area contributed by atoms with Crippen LogP contribution in [-0.4, -0.2) is 28.8 Å². The molecule has 3 rings (SSSR count). The van der Waals surface area contributed by atoms with E-state index in [4.69, 9.17) is 11.5 Å². The lowest BCUT2D eigenvalue weighted by atomic mass is 9.91. The van der Waals surface area contributed by atoms with Gasteiger partial charge in [-0.15, -0.1) is 0 Å². The number of primary amides is 1. The van der Waals surface area contributed by atoms with E-state index in [1.54, 1.807) is 18.2 Å². The van der Waals surface area contributed by atoms with Gasteiger partial charge >= 0.3 is 0 Å². The summed E-state index contributed by atoms with van der Waals surface area (Å²) >= 11 is 0. The summed E-state index contributed by atoms with van der Waals surface area (Å²) in [6, 6.07) is 5.62. The maximum atomic E-state index is 12.4. The molecule has 5 heteroatoms. The van der Waals surface area contributed by atoms with Crippen molar-refractivity contribution in [3.63, 3.8) is 0 Å². The van der Waals surface area contributed by atoms with E-state index in [9.17, 15) is 9.59 Å². The molecule has 4 N–H and O–H groups in total. The highest BCUT2D eigenvalue weighted by Crippen LogP contribution is 2.31. The van der Waals surface area contributed by atoms with E-state index in [-0.39, 0.29) is 18.0 Å². The topological polar surface area (TPSA) is 89.4 Å². The van der Waals surface area contributed by atoms with E-state index < -0.39 is 5.91 Å². The molecule has 0 atom stereocenters. The second-order valence-electron chi connectivity index (χ2n) is 5.74. The molecular weight excluding hydrogens is 254 g/mol. The maximum Gasteiger partial charge on any atom is 0.254 e. The first-order valence-corrected chi connectivity index (χ1v) is 7.05. The van der Waals surface area contributed by atoms with Crippen LogP contribution in [0.25, 0.3) is 0 Å². The van der Waals surface area contributed by atoms with Crippen LogP contribution in [0, 0.1) is 0 Å². The number of hydrogen-bond donors (Lipinski definition) is 2. The van der Waals surface area contributed by atoms with Crippen molar-refractivity contribution in [3.05, 3.63) is 34.9 Å². The Balaban J connectivity index is 1.81. The van der Waals surface area contributed by atoms with E-state index in [1.807, 2.05) is 4.90 Å². The van der Waals surface area contributed by atoms with Crippen LogP contribution in [0.1, 0.15) is 52.0 Å². The van der Waals surface area contributed by atoms with Crippen LogP contribution in [0.4, 0.5) is 0 Å². The number of carbonyl (C=O) groups is 2. The fourth-order valence-electron chi connectivity index (χ4n) is 3.20. The van der Waals surface area contributed by atoms with E-state index in [2.05, 4.69) is 0 Å². The molecule has 106 valence electrons. The van der Waals surface area contributed by atoms with Gasteiger partial charge in [0.15, 0.2) is 0 Å². The zero-order valence-electron chi connectivity index (χ0n) is 11.3. The molecule has 0 saturated heterocycles. The van der Waals surface area contributed by atoms with Crippen LogP contribution in [0.5, 0.6) is 0 Å². The lowest BCUT2D eigenvalue weighted by Gasteiger charge is -2.33. The van der Waals surface area contributed by atoms with Crippen molar-refractivity contribution in [2.45, 2.75) is 44.3 Å². The van der Waals surface area contributed by atoms with Crippen molar-refractivity contribution in [1.82, 2.24) is 4.90 Å². The highest BCUT2D eigenvalue weighted by molar-refractivity contribution is 6.00. The number of hydrogen-bond acceptors (Lipinski definition) is 3. The van der Waals surface area contributed by atoms with Crippen molar-refractivity contribution < 1.29 is 9.59 Å². The average molecular weight is 273 g/mol. The second kappa shape index (κ2) is 4.90. The zero-order valence-corrected chi connectivity index (χ0v) is 11.3. The van der Waals surface area contributed by atoms with Gasteiger partial charge < -0.3 is 16.4 Å².